The average molecular weight is 328 g/mol. The number of hydrogen-bond donors (Lipinski definition) is 1. The summed E-state index contributed by atoms with van der Waals surface area (Å²) in [7, 11) is 0. The Labute approximate surface area is 123 Å². The normalized spacial score (nSPS) is 15.0. The second-order valence-electron chi connectivity index (χ2n) is 5.07. The molecule has 5 heteroatoms. The van der Waals surface area contributed by atoms with Crippen molar-refractivity contribution in [3.05, 3.63) is 16.5 Å². The van der Waals surface area contributed by atoms with Gasteiger partial charge < -0.3 is 10.0 Å². The summed E-state index contributed by atoms with van der Waals surface area (Å²) in [5, 5.41) is 9.30. The molecule has 19 heavy (non-hydrogen) atoms. The molecule has 1 heterocycles. The van der Waals surface area contributed by atoms with E-state index in [2.05, 4.69) is 39.7 Å². The van der Waals surface area contributed by atoms with Gasteiger partial charge in [-0.05, 0) is 41.6 Å². The predicted octanol–water partition coefficient (Wildman–Crippen LogP) is 3.10. The molecule has 4 nitrogen and oxygen atoms in total. The third kappa shape index (κ3) is 3.66. The predicted molar refractivity (Wildman–Crippen MR) is 80.5 cm³/mol. The van der Waals surface area contributed by atoms with Crippen LogP contribution in [0.15, 0.2) is 10.7 Å². The fourth-order valence-corrected chi connectivity index (χ4v) is 2.80. The van der Waals surface area contributed by atoms with Crippen LogP contribution in [0.2, 0.25) is 0 Å². The van der Waals surface area contributed by atoms with Crippen molar-refractivity contribution in [2.45, 2.75) is 51.5 Å². The van der Waals surface area contributed by atoms with Gasteiger partial charge in [0.25, 0.3) is 0 Å². The Hall–Kier alpha value is -0.680. The van der Waals surface area contributed by atoms with Gasteiger partial charge in [0, 0.05) is 24.6 Å². The highest BCUT2D eigenvalue weighted by atomic mass is 79.9. The summed E-state index contributed by atoms with van der Waals surface area (Å²) in [6, 6.07) is 2.38. The molecule has 1 N–H and O–H groups in total. The fourth-order valence-electron chi connectivity index (χ4n) is 2.42. The molecule has 0 spiro atoms. The van der Waals surface area contributed by atoms with E-state index in [-0.39, 0.29) is 6.61 Å². The third-order valence-corrected chi connectivity index (χ3v) is 4.07. The molecule has 0 aromatic carbocycles. The average Bonchev–Trinajstić information content (AvgIpc) is 3.22. The van der Waals surface area contributed by atoms with Crippen LogP contribution in [0, 0.1) is 0 Å². The van der Waals surface area contributed by atoms with Gasteiger partial charge in [0.1, 0.15) is 16.2 Å². The Morgan fingerprint density at radius 2 is 2.05 bits per heavy atom. The minimum atomic E-state index is 0.150. The SMILES string of the molecule is CCC(CC)N(CCO)c1cc(Br)nc(C2CC2)n1. The first-order chi connectivity index (χ1) is 9.19. The number of aliphatic hydroxyl groups is 1. The maximum atomic E-state index is 9.30. The van der Waals surface area contributed by atoms with Crippen LogP contribution < -0.4 is 4.90 Å². The van der Waals surface area contributed by atoms with Crippen molar-refractivity contribution in [1.29, 1.82) is 0 Å². The summed E-state index contributed by atoms with van der Waals surface area (Å²) in [6.45, 7) is 5.13. The van der Waals surface area contributed by atoms with Crippen molar-refractivity contribution in [2.75, 3.05) is 18.1 Å². The number of anilines is 1. The molecular formula is C14H22BrN3O. The van der Waals surface area contributed by atoms with Gasteiger partial charge >= 0.3 is 0 Å². The van der Waals surface area contributed by atoms with Crippen molar-refractivity contribution in [3.8, 4) is 0 Å². The molecule has 0 radical (unpaired) electrons. The van der Waals surface area contributed by atoms with Gasteiger partial charge in [0.05, 0.1) is 6.61 Å². The molecule has 0 atom stereocenters. The maximum Gasteiger partial charge on any atom is 0.135 e. The highest BCUT2D eigenvalue weighted by molar-refractivity contribution is 9.10. The Kier molecular flexibility index (Phi) is 5.16. The van der Waals surface area contributed by atoms with E-state index in [0.717, 1.165) is 29.1 Å². The van der Waals surface area contributed by atoms with Crippen molar-refractivity contribution in [3.63, 3.8) is 0 Å². The zero-order valence-electron chi connectivity index (χ0n) is 11.6. The molecule has 0 saturated heterocycles. The lowest BCUT2D eigenvalue weighted by Crippen LogP contribution is -2.37. The molecule has 1 aliphatic carbocycles. The Bertz CT molecular complexity index is 419. The van der Waals surface area contributed by atoms with Crippen molar-refractivity contribution in [1.82, 2.24) is 9.97 Å². The Morgan fingerprint density at radius 1 is 1.37 bits per heavy atom. The highest BCUT2D eigenvalue weighted by Gasteiger charge is 2.28. The van der Waals surface area contributed by atoms with Gasteiger partial charge in [-0.1, -0.05) is 13.8 Å². The fraction of sp³-hybridized carbons (Fsp3) is 0.714. The highest BCUT2D eigenvalue weighted by Crippen LogP contribution is 2.39. The second-order valence-corrected chi connectivity index (χ2v) is 5.88. The van der Waals surface area contributed by atoms with Crippen LogP contribution in [0.5, 0.6) is 0 Å². The van der Waals surface area contributed by atoms with E-state index < -0.39 is 0 Å². The quantitative estimate of drug-likeness (QED) is 0.782. The van der Waals surface area contributed by atoms with Gasteiger partial charge in [0.2, 0.25) is 0 Å². The molecule has 1 saturated carbocycles. The molecule has 0 aliphatic heterocycles. The monoisotopic (exact) mass is 327 g/mol. The number of aliphatic hydroxyl groups excluding tert-OH is 1. The van der Waals surface area contributed by atoms with Gasteiger partial charge in [-0.2, -0.15) is 0 Å². The van der Waals surface area contributed by atoms with Crippen LogP contribution in [0.4, 0.5) is 5.82 Å². The van der Waals surface area contributed by atoms with E-state index in [1.54, 1.807) is 0 Å². The molecule has 0 bridgehead atoms. The van der Waals surface area contributed by atoms with Crippen LogP contribution >= 0.6 is 15.9 Å². The lowest BCUT2D eigenvalue weighted by atomic mass is 10.1. The Balaban J connectivity index is 2.29. The molecule has 1 fully saturated rings. The molecule has 1 aliphatic rings. The number of hydrogen-bond acceptors (Lipinski definition) is 4. The summed E-state index contributed by atoms with van der Waals surface area (Å²) in [6.07, 6.45) is 4.50. The van der Waals surface area contributed by atoms with Gasteiger partial charge in [-0.25, -0.2) is 9.97 Å². The topological polar surface area (TPSA) is 49.2 Å². The summed E-state index contributed by atoms with van der Waals surface area (Å²) in [4.78, 5) is 11.4. The van der Waals surface area contributed by atoms with Crippen LogP contribution in [-0.2, 0) is 0 Å². The number of rotatable bonds is 7. The maximum absolute atomic E-state index is 9.30. The Morgan fingerprint density at radius 3 is 2.58 bits per heavy atom. The number of nitrogens with zero attached hydrogens (tertiary/aromatic N) is 3. The smallest absolute Gasteiger partial charge is 0.135 e. The molecule has 1 aromatic rings. The molecule has 106 valence electrons. The number of halogens is 1. The molecule has 1 aromatic heterocycles. The summed E-state index contributed by atoms with van der Waals surface area (Å²) in [5.41, 5.74) is 0. The van der Waals surface area contributed by atoms with E-state index >= 15 is 0 Å². The van der Waals surface area contributed by atoms with E-state index in [1.165, 1.54) is 12.8 Å². The summed E-state index contributed by atoms with van der Waals surface area (Å²) < 4.78 is 0.841. The van der Waals surface area contributed by atoms with Gasteiger partial charge in [0.15, 0.2) is 0 Å². The first-order valence-corrected chi connectivity index (χ1v) is 7.90. The van der Waals surface area contributed by atoms with Gasteiger partial charge in [-0.3, -0.25) is 0 Å². The van der Waals surface area contributed by atoms with Crippen LogP contribution in [0.3, 0.4) is 0 Å². The standard InChI is InChI=1S/C14H22BrN3O/c1-3-11(4-2)18(7-8-19)13-9-12(15)16-14(17-13)10-5-6-10/h9-11,19H,3-8H2,1-2H3. The largest absolute Gasteiger partial charge is 0.395 e. The zero-order chi connectivity index (χ0) is 13.8. The summed E-state index contributed by atoms with van der Waals surface area (Å²) >= 11 is 3.48. The lowest BCUT2D eigenvalue weighted by molar-refractivity contribution is 0.295. The molecule has 0 amide bonds. The minimum absolute atomic E-state index is 0.150. The van der Waals surface area contributed by atoms with E-state index in [9.17, 15) is 5.11 Å². The third-order valence-electron chi connectivity index (χ3n) is 3.66. The molecule has 2 rings (SSSR count). The second kappa shape index (κ2) is 6.66. The molecular weight excluding hydrogens is 306 g/mol. The first-order valence-electron chi connectivity index (χ1n) is 7.11. The molecule has 0 unspecified atom stereocenters. The van der Waals surface area contributed by atoms with Crippen molar-refractivity contribution < 1.29 is 5.11 Å². The minimum Gasteiger partial charge on any atom is -0.395 e. The van der Waals surface area contributed by atoms with Crippen molar-refractivity contribution >= 4 is 21.7 Å². The van der Waals surface area contributed by atoms with E-state index in [1.807, 2.05) is 6.07 Å². The van der Waals surface area contributed by atoms with Gasteiger partial charge in [-0.15, -0.1) is 0 Å². The number of aromatic nitrogens is 2. The lowest BCUT2D eigenvalue weighted by Gasteiger charge is -2.31. The first kappa shape index (κ1) is 14.7. The zero-order valence-corrected chi connectivity index (χ0v) is 13.2. The summed E-state index contributed by atoms with van der Waals surface area (Å²) in [5.74, 6) is 2.42. The van der Waals surface area contributed by atoms with Crippen LogP contribution in [0.25, 0.3) is 0 Å². The van der Waals surface area contributed by atoms with Crippen LogP contribution in [0.1, 0.15) is 51.3 Å². The van der Waals surface area contributed by atoms with Crippen molar-refractivity contribution in [2.24, 2.45) is 0 Å². The van der Waals surface area contributed by atoms with E-state index in [4.69, 9.17) is 4.98 Å². The van der Waals surface area contributed by atoms with Crippen LogP contribution in [-0.4, -0.2) is 34.3 Å². The van der Waals surface area contributed by atoms with E-state index in [0.29, 0.717) is 18.5 Å².